The van der Waals surface area contributed by atoms with E-state index in [1.807, 2.05) is 56.3 Å². The highest BCUT2D eigenvalue weighted by Crippen LogP contribution is 2.38. The van der Waals surface area contributed by atoms with Crippen molar-refractivity contribution in [3.63, 3.8) is 0 Å². The molecule has 0 radical (unpaired) electrons. The van der Waals surface area contributed by atoms with Crippen LogP contribution in [0.5, 0.6) is 11.6 Å². The van der Waals surface area contributed by atoms with E-state index in [4.69, 9.17) is 9.72 Å². The summed E-state index contributed by atoms with van der Waals surface area (Å²) < 4.78 is 6.45. The summed E-state index contributed by atoms with van der Waals surface area (Å²) in [6, 6.07) is 15.1. The molecule has 4 aromatic rings. The number of fused-ring (bicyclic) bond motifs is 1. The van der Waals surface area contributed by atoms with Crippen molar-refractivity contribution in [2.24, 2.45) is 0 Å². The van der Waals surface area contributed by atoms with Crippen LogP contribution in [0.2, 0.25) is 0 Å². The molecule has 1 saturated heterocycles. The number of hydrogen-bond acceptors (Lipinski definition) is 7. The molecule has 10 heteroatoms. The Morgan fingerprint density at radius 1 is 1.08 bits per heavy atom. The number of carbonyl (C=O) groups excluding carboxylic acids is 1. The molecule has 0 bridgehead atoms. The van der Waals surface area contributed by atoms with Gasteiger partial charge in [-0.1, -0.05) is 31.2 Å². The van der Waals surface area contributed by atoms with Crippen LogP contribution in [0.4, 0.5) is 16.4 Å². The lowest BCUT2D eigenvalue weighted by Crippen LogP contribution is -2.44. The summed E-state index contributed by atoms with van der Waals surface area (Å²) in [5.41, 5.74) is 2.95. The predicted octanol–water partition coefficient (Wildman–Crippen LogP) is 5.70. The molecule has 1 unspecified atom stereocenters. The first-order chi connectivity index (χ1) is 18.9. The molecule has 1 aliphatic heterocycles. The monoisotopic (exact) mass is 526 g/mol. The van der Waals surface area contributed by atoms with Gasteiger partial charge in [0.1, 0.15) is 5.75 Å². The number of benzene rings is 2. The van der Waals surface area contributed by atoms with Crippen LogP contribution in [-0.2, 0) is 4.79 Å². The van der Waals surface area contributed by atoms with E-state index in [-0.39, 0.29) is 11.9 Å². The smallest absolute Gasteiger partial charge is 0.407 e. The SMILES string of the molecule is CCC(=O)Nc1cccc2c(Oc3ncccc3-c3ccnc(NC4CCCN(C(=O)O)C4)n3)c(C)ccc12. The number of amides is 2. The number of piperidine rings is 1. The molecule has 2 amide bonds. The largest absolute Gasteiger partial charge is 0.465 e. The first-order valence-electron chi connectivity index (χ1n) is 13.0. The molecule has 5 rings (SSSR count). The van der Waals surface area contributed by atoms with Gasteiger partial charge in [0.2, 0.25) is 17.7 Å². The number of aryl methyl sites for hydroxylation is 1. The number of pyridine rings is 1. The fraction of sp³-hybridized carbons (Fsp3) is 0.276. The van der Waals surface area contributed by atoms with Crippen molar-refractivity contribution in [2.75, 3.05) is 23.7 Å². The summed E-state index contributed by atoms with van der Waals surface area (Å²) in [4.78, 5) is 38.4. The van der Waals surface area contributed by atoms with Crippen molar-refractivity contribution in [3.8, 4) is 22.9 Å². The standard InChI is InChI=1S/C29H30N6O4/c1-3-25(36)33-23-10-4-8-21-20(23)12-11-18(2)26(21)39-27-22(9-5-14-30-27)24-13-15-31-28(34-24)32-19-7-6-16-35(17-19)29(37)38/h4-5,8-15,19H,3,6-7,16-17H2,1-2H3,(H,33,36)(H,37,38)(H,31,32,34). The Hall–Kier alpha value is -4.73. The minimum absolute atomic E-state index is 0.0605. The Morgan fingerprint density at radius 2 is 1.95 bits per heavy atom. The van der Waals surface area contributed by atoms with Gasteiger partial charge in [-0.05, 0) is 49.6 Å². The molecule has 200 valence electrons. The van der Waals surface area contributed by atoms with Crippen molar-refractivity contribution in [1.29, 1.82) is 0 Å². The number of rotatable bonds is 7. The van der Waals surface area contributed by atoms with Gasteiger partial charge < -0.3 is 25.4 Å². The maximum atomic E-state index is 12.1. The van der Waals surface area contributed by atoms with Gasteiger partial charge in [-0.25, -0.2) is 19.7 Å². The minimum Gasteiger partial charge on any atom is -0.465 e. The van der Waals surface area contributed by atoms with E-state index in [0.29, 0.717) is 48.3 Å². The molecule has 0 aliphatic carbocycles. The fourth-order valence-corrected chi connectivity index (χ4v) is 4.72. The van der Waals surface area contributed by atoms with Crippen LogP contribution in [0.25, 0.3) is 22.0 Å². The van der Waals surface area contributed by atoms with Gasteiger partial charge in [-0.3, -0.25) is 4.79 Å². The second-order valence-corrected chi connectivity index (χ2v) is 9.45. The normalized spacial score (nSPS) is 15.1. The third-order valence-corrected chi connectivity index (χ3v) is 6.73. The van der Waals surface area contributed by atoms with E-state index < -0.39 is 6.09 Å². The Bertz CT molecular complexity index is 1530. The molecule has 0 saturated carbocycles. The van der Waals surface area contributed by atoms with Gasteiger partial charge in [0, 0.05) is 54.4 Å². The molecular formula is C29H30N6O4. The summed E-state index contributed by atoms with van der Waals surface area (Å²) in [7, 11) is 0. The Kier molecular flexibility index (Phi) is 7.53. The van der Waals surface area contributed by atoms with Crippen LogP contribution >= 0.6 is 0 Å². The summed E-state index contributed by atoms with van der Waals surface area (Å²) in [6.07, 6.45) is 4.40. The van der Waals surface area contributed by atoms with Crippen molar-refractivity contribution in [1.82, 2.24) is 19.9 Å². The average Bonchev–Trinajstić information content (AvgIpc) is 2.95. The highest BCUT2D eigenvalue weighted by molar-refractivity contribution is 6.04. The molecule has 0 spiro atoms. The zero-order valence-corrected chi connectivity index (χ0v) is 21.8. The van der Waals surface area contributed by atoms with E-state index in [2.05, 4.69) is 20.6 Å². The van der Waals surface area contributed by atoms with Gasteiger partial charge in [0.15, 0.2) is 0 Å². The summed E-state index contributed by atoms with van der Waals surface area (Å²) in [5.74, 6) is 1.38. The third-order valence-electron chi connectivity index (χ3n) is 6.73. The first kappa shape index (κ1) is 25.9. The molecule has 39 heavy (non-hydrogen) atoms. The predicted molar refractivity (Wildman–Crippen MR) is 149 cm³/mol. The molecule has 3 heterocycles. The van der Waals surface area contributed by atoms with E-state index in [1.165, 1.54) is 4.90 Å². The lowest BCUT2D eigenvalue weighted by Gasteiger charge is -2.31. The number of likely N-dealkylation sites (tertiary alicyclic amines) is 1. The van der Waals surface area contributed by atoms with Gasteiger partial charge >= 0.3 is 6.09 Å². The van der Waals surface area contributed by atoms with Crippen molar-refractivity contribution in [3.05, 3.63) is 66.5 Å². The molecule has 2 aromatic carbocycles. The molecular weight excluding hydrogens is 496 g/mol. The summed E-state index contributed by atoms with van der Waals surface area (Å²) >= 11 is 0. The van der Waals surface area contributed by atoms with Crippen LogP contribution in [0.15, 0.2) is 60.9 Å². The van der Waals surface area contributed by atoms with Crippen LogP contribution in [0, 0.1) is 6.92 Å². The number of anilines is 2. The molecule has 10 nitrogen and oxygen atoms in total. The Labute approximate surface area is 226 Å². The van der Waals surface area contributed by atoms with Gasteiger partial charge in [0.25, 0.3) is 0 Å². The number of hydrogen-bond donors (Lipinski definition) is 3. The van der Waals surface area contributed by atoms with Crippen molar-refractivity contribution >= 4 is 34.4 Å². The molecule has 1 aliphatic rings. The lowest BCUT2D eigenvalue weighted by atomic mass is 10.0. The van der Waals surface area contributed by atoms with E-state index in [1.54, 1.807) is 18.5 Å². The highest BCUT2D eigenvalue weighted by atomic mass is 16.5. The maximum absolute atomic E-state index is 12.1. The number of aromatic nitrogens is 3. The van der Waals surface area contributed by atoms with E-state index in [9.17, 15) is 14.7 Å². The number of nitrogens with one attached hydrogen (secondary N) is 2. The maximum Gasteiger partial charge on any atom is 0.407 e. The number of ether oxygens (including phenoxy) is 1. The molecule has 1 fully saturated rings. The summed E-state index contributed by atoms with van der Waals surface area (Å²) in [6.45, 7) is 4.69. The van der Waals surface area contributed by atoms with Gasteiger partial charge in [-0.2, -0.15) is 0 Å². The zero-order chi connectivity index (χ0) is 27.4. The van der Waals surface area contributed by atoms with Crippen LogP contribution in [-0.4, -0.2) is 56.1 Å². The minimum atomic E-state index is -0.920. The molecule has 1 atom stereocenters. The number of carbonyl (C=O) groups is 2. The lowest BCUT2D eigenvalue weighted by molar-refractivity contribution is -0.115. The Morgan fingerprint density at radius 3 is 2.77 bits per heavy atom. The van der Waals surface area contributed by atoms with Crippen LogP contribution in [0.3, 0.4) is 0 Å². The average molecular weight is 527 g/mol. The molecule has 2 aromatic heterocycles. The topological polar surface area (TPSA) is 130 Å². The zero-order valence-electron chi connectivity index (χ0n) is 21.8. The van der Waals surface area contributed by atoms with Crippen LogP contribution < -0.4 is 15.4 Å². The van der Waals surface area contributed by atoms with Gasteiger partial charge in [-0.15, -0.1) is 0 Å². The highest BCUT2D eigenvalue weighted by Gasteiger charge is 2.24. The van der Waals surface area contributed by atoms with Crippen molar-refractivity contribution in [2.45, 2.75) is 39.2 Å². The van der Waals surface area contributed by atoms with Crippen molar-refractivity contribution < 1.29 is 19.4 Å². The second-order valence-electron chi connectivity index (χ2n) is 9.45. The molecule has 3 N–H and O–H groups in total. The van der Waals surface area contributed by atoms with Crippen LogP contribution in [0.1, 0.15) is 31.7 Å². The Balaban J connectivity index is 1.45. The quantitative estimate of drug-likeness (QED) is 0.280. The van der Waals surface area contributed by atoms with E-state index >= 15 is 0 Å². The number of carboxylic acid groups (broad SMARTS) is 1. The fourth-order valence-electron chi connectivity index (χ4n) is 4.72. The van der Waals surface area contributed by atoms with E-state index in [0.717, 1.165) is 34.9 Å². The third kappa shape index (κ3) is 5.74. The summed E-state index contributed by atoms with van der Waals surface area (Å²) in [5, 5.41) is 17.3. The first-order valence-corrected chi connectivity index (χ1v) is 13.0. The second kappa shape index (κ2) is 11.3. The number of nitrogens with zero attached hydrogens (tertiary/aromatic N) is 4. The van der Waals surface area contributed by atoms with Gasteiger partial charge in [0.05, 0.1) is 11.3 Å².